The van der Waals surface area contributed by atoms with E-state index in [1.54, 1.807) is 4.90 Å². The van der Waals surface area contributed by atoms with Gasteiger partial charge in [-0.3, -0.25) is 9.59 Å². The quantitative estimate of drug-likeness (QED) is 0.782. The van der Waals surface area contributed by atoms with Crippen LogP contribution in [0, 0.1) is 5.92 Å². The van der Waals surface area contributed by atoms with Crippen molar-refractivity contribution in [3.8, 4) is 0 Å². The Labute approximate surface area is 130 Å². The molecule has 1 aliphatic heterocycles. The van der Waals surface area contributed by atoms with Crippen molar-refractivity contribution in [2.24, 2.45) is 5.92 Å². The molecule has 1 N–H and O–H groups in total. The van der Waals surface area contributed by atoms with Gasteiger partial charge in [-0.15, -0.1) is 0 Å². The second-order valence-electron chi connectivity index (χ2n) is 5.71. The standard InChI is InChI=1S/C17H23NO4/c19-16(13-22-11-8-14-4-2-1-3-5-14)18-9-6-15(7-10-18)12-17(20)21/h1-5,15H,6-13H2,(H,20,21). The molecule has 1 aliphatic rings. The van der Waals surface area contributed by atoms with E-state index in [1.807, 2.05) is 30.3 Å². The van der Waals surface area contributed by atoms with Crippen molar-refractivity contribution in [3.63, 3.8) is 0 Å². The van der Waals surface area contributed by atoms with Crippen LogP contribution >= 0.6 is 0 Å². The highest BCUT2D eigenvalue weighted by Crippen LogP contribution is 2.20. The van der Waals surface area contributed by atoms with E-state index < -0.39 is 5.97 Å². The molecule has 5 heteroatoms. The first-order valence-electron chi connectivity index (χ1n) is 7.76. The molecule has 0 bridgehead atoms. The average Bonchev–Trinajstić information content (AvgIpc) is 2.52. The molecule has 0 unspecified atom stereocenters. The van der Waals surface area contributed by atoms with Gasteiger partial charge >= 0.3 is 5.97 Å². The summed E-state index contributed by atoms with van der Waals surface area (Å²) in [5, 5.41) is 8.78. The second-order valence-corrected chi connectivity index (χ2v) is 5.71. The average molecular weight is 305 g/mol. The molecule has 120 valence electrons. The molecule has 0 spiro atoms. The van der Waals surface area contributed by atoms with Gasteiger partial charge in [0.1, 0.15) is 6.61 Å². The van der Waals surface area contributed by atoms with Crippen LogP contribution in [0.3, 0.4) is 0 Å². The largest absolute Gasteiger partial charge is 0.481 e. The first-order valence-corrected chi connectivity index (χ1v) is 7.76. The Bertz CT molecular complexity index is 481. The van der Waals surface area contributed by atoms with Crippen LogP contribution < -0.4 is 0 Å². The number of carboxylic acid groups (broad SMARTS) is 1. The zero-order valence-corrected chi connectivity index (χ0v) is 12.7. The fraction of sp³-hybridized carbons (Fsp3) is 0.529. The summed E-state index contributed by atoms with van der Waals surface area (Å²) in [4.78, 5) is 24.5. The predicted octanol–water partition coefficient (Wildman–Crippen LogP) is 1.96. The van der Waals surface area contributed by atoms with Gasteiger partial charge in [0.15, 0.2) is 0 Å². The van der Waals surface area contributed by atoms with Crippen molar-refractivity contribution >= 4 is 11.9 Å². The van der Waals surface area contributed by atoms with Gasteiger partial charge in [0, 0.05) is 19.5 Å². The molecule has 0 aliphatic carbocycles. The number of ether oxygens (including phenoxy) is 1. The highest BCUT2D eigenvalue weighted by atomic mass is 16.5. The number of nitrogens with zero attached hydrogens (tertiary/aromatic N) is 1. The Balaban J connectivity index is 1.61. The van der Waals surface area contributed by atoms with Crippen LogP contribution in [-0.2, 0) is 20.7 Å². The van der Waals surface area contributed by atoms with Crippen molar-refractivity contribution in [2.45, 2.75) is 25.7 Å². The van der Waals surface area contributed by atoms with Gasteiger partial charge in [0.2, 0.25) is 5.91 Å². The molecule has 0 radical (unpaired) electrons. The van der Waals surface area contributed by atoms with Gasteiger partial charge in [-0.25, -0.2) is 0 Å². The number of carbonyl (C=O) groups excluding carboxylic acids is 1. The van der Waals surface area contributed by atoms with Crippen molar-refractivity contribution in [3.05, 3.63) is 35.9 Å². The second kappa shape index (κ2) is 8.54. The third-order valence-electron chi connectivity index (χ3n) is 4.03. The molecule has 1 aromatic rings. The number of aliphatic carboxylic acids is 1. The van der Waals surface area contributed by atoms with Crippen LogP contribution in [0.4, 0.5) is 0 Å². The summed E-state index contributed by atoms with van der Waals surface area (Å²) in [5.74, 6) is -0.559. The Morgan fingerprint density at radius 3 is 2.50 bits per heavy atom. The number of rotatable bonds is 7. The minimum atomic E-state index is -0.756. The summed E-state index contributed by atoms with van der Waals surface area (Å²) in [7, 11) is 0. The van der Waals surface area contributed by atoms with Crippen LogP contribution in [-0.4, -0.2) is 48.2 Å². The number of benzene rings is 1. The lowest BCUT2D eigenvalue weighted by atomic mass is 9.94. The molecule has 5 nitrogen and oxygen atoms in total. The topological polar surface area (TPSA) is 66.8 Å². The lowest BCUT2D eigenvalue weighted by Gasteiger charge is -2.31. The highest BCUT2D eigenvalue weighted by molar-refractivity contribution is 5.77. The molecular formula is C17H23NO4. The van der Waals surface area contributed by atoms with Crippen LogP contribution in [0.15, 0.2) is 30.3 Å². The summed E-state index contributed by atoms with van der Waals surface area (Å²) in [6.07, 6.45) is 2.54. The van der Waals surface area contributed by atoms with Crippen LogP contribution in [0.25, 0.3) is 0 Å². The molecule has 2 rings (SSSR count). The Hall–Kier alpha value is -1.88. The maximum Gasteiger partial charge on any atom is 0.303 e. The third-order valence-corrected chi connectivity index (χ3v) is 4.03. The number of piperidine rings is 1. The fourth-order valence-electron chi connectivity index (χ4n) is 2.72. The predicted molar refractivity (Wildman–Crippen MR) is 82.5 cm³/mol. The van der Waals surface area contributed by atoms with Crippen molar-refractivity contribution < 1.29 is 19.4 Å². The van der Waals surface area contributed by atoms with E-state index in [0.29, 0.717) is 19.7 Å². The maximum atomic E-state index is 12.0. The minimum Gasteiger partial charge on any atom is -0.481 e. The van der Waals surface area contributed by atoms with Crippen LogP contribution in [0.5, 0.6) is 0 Å². The maximum absolute atomic E-state index is 12.0. The van der Waals surface area contributed by atoms with Gasteiger partial charge in [0.05, 0.1) is 6.61 Å². The van der Waals surface area contributed by atoms with E-state index >= 15 is 0 Å². The van der Waals surface area contributed by atoms with Gasteiger partial charge in [0.25, 0.3) is 0 Å². The van der Waals surface area contributed by atoms with E-state index in [-0.39, 0.29) is 24.9 Å². The van der Waals surface area contributed by atoms with Crippen molar-refractivity contribution in [2.75, 3.05) is 26.3 Å². The summed E-state index contributed by atoms with van der Waals surface area (Å²) < 4.78 is 5.46. The number of carbonyl (C=O) groups is 2. The molecule has 1 saturated heterocycles. The van der Waals surface area contributed by atoms with E-state index in [0.717, 1.165) is 19.3 Å². The normalized spacial score (nSPS) is 15.7. The number of likely N-dealkylation sites (tertiary alicyclic amines) is 1. The van der Waals surface area contributed by atoms with E-state index in [1.165, 1.54) is 5.56 Å². The molecule has 1 amide bonds. The summed E-state index contributed by atoms with van der Waals surface area (Å²) >= 11 is 0. The molecule has 0 saturated carbocycles. The Kier molecular flexibility index (Phi) is 6.40. The molecule has 1 heterocycles. The number of hydrogen-bond acceptors (Lipinski definition) is 3. The first-order chi connectivity index (χ1) is 10.6. The van der Waals surface area contributed by atoms with E-state index in [9.17, 15) is 9.59 Å². The minimum absolute atomic E-state index is 0.00170. The number of carboxylic acids is 1. The van der Waals surface area contributed by atoms with Gasteiger partial charge in [-0.1, -0.05) is 30.3 Å². The summed E-state index contributed by atoms with van der Waals surface area (Å²) in [6.45, 7) is 1.92. The van der Waals surface area contributed by atoms with Crippen LogP contribution in [0.1, 0.15) is 24.8 Å². The van der Waals surface area contributed by atoms with E-state index in [2.05, 4.69) is 0 Å². The zero-order chi connectivity index (χ0) is 15.8. The smallest absolute Gasteiger partial charge is 0.303 e. The molecule has 1 fully saturated rings. The monoisotopic (exact) mass is 305 g/mol. The Morgan fingerprint density at radius 1 is 1.18 bits per heavy atom. The molecule has 22 heavy (non-hydrogen) atoms. The third kappa shape index (κ3) is 5.48. The highest BCUT2D eigenvalue weighted by Gasteiger charge is 2.24. The van der Waals surface area contributed by atoms with Gasteiger partial charge in [-0.2, -0.15) is 0 Å². The lowest BCUT2D eigenvalue weighted by molar-refractivity contribution is -0.139. The summed E-state index contributed by atoms with van der Waals surface area (Å²) in [6, 6.07) is 10.0. The SMILES string of the molecule is O=C(O)CC1CCN(C(=O)COCCc2ccccc2)CC1. The zero-order valence-electron chi connectivity index (χ0n) is 12.7. The first kappa shape index (κ1) is 16.5. The molecule has 0 aromatic heterocycles. The fourth-order valence-corrected chi connectivity index (χ4v) is 2.72. The van der Waals surface area contributed by atoms with Gasteiger partial charge in [-0.05, 0) is 30.7 Å². The lowest BCUT2D eigenvalue weighted by Crippen LogP contribution is -2.40. The molecule has 0 atom stereocenters. The van der Waals surface area contributed by atoms with E-state index in [4.69, 9.17) is 9.84 Å². The summed E-state index contributed by atoms with van der Waals surface area (Å²) in [5.41, 5.74) is 1.20. The van der Waals surface area contributed by atoms with Crippen molar-refractivity contribution in [1.29, 1.82) is 0 Å². The molecule has 1 aromatic carbocycles. The van der Waals surface area contributed by atoms with Gasteiger partial charge < -0.3 is 14.7 Å². The van der Waals surface area contributed by atoms with Crippen molar-refractivity contribution in [1.82, 2.24) is 4.90 Å². The molecular weight excluding hydrogens is 282 g/mol. The van der Waals surface area contributed by atoms with Crippen LogP contribution in [0.2, 0.25) is 0 Å². The number of amides is 1. The Morgan fingerprint density at radius 2 is 1.86 bits per heavy atom. The number of hydrogen-bond donors (Lipinski definition) is 1.